The number of morpholine rings is 1. The fourth-order valence-corrected chi connectivity index (χ4v) is 2.06. The Morgan fingerprint density at radius 3 is 2.71 bits per heavy atom. The molecule has 0 amide bonds. The van der Waals surface area contributed by atoms with Crippen LogP contribution in [0.15, 0.2) is 18.2 Å². The third kappa shape index (κ3) is 5.14. The molecule has 21 heavy (non-hydrogen) atoms. The van der Waals surface area contributed by atoms with Crippen LogP contribution >= 0.6 is 0 Å². The van der Waals surface area contributed by atoms with Gasteiger partial charge >= 0.3 is 6.18 Å². The average Bonchev–Trinajstić information content (AvgIpc) is 2.46. The Morgan fingerprint density at radius 2 is 2.05 bits per heavy atom. The van der Waals surface area contributed by atoms with E-state index in [-0.39, 0.29) is 12.4 Å². The molecule has 118 valence electrons. The number of aliphatic hydroxyl groups is 1. The Hall–Kier alpha value is -1.38. The van der Waals surface area contributed by atoms with E-state index in [9.17, 15) is 18.3 Å². The molecule has 2 N–H and O–H groups in total. The summed E-state index contributed by atoms with van der Waals surface area (Å²) in [5.74, 6) is 0.103. The van der Waals surface area contributed by atoms with Gasteiger partial charge in [-0.1, -0.05) is 6.07 Å². The molecule has 1 unspecified atom stereocenters. The first-order valence-corrected chi connectivity index (χ1v) is 6.71. The Labute approximate surface area is 120 Å². The predicted molar refractivity (Wildman–Crippen MR) is 71.0 cm³/mol. The van der Waals surface area contributed by atoms with Crippen molar-refractivity contribution in [3.05, 3.63) is 23.9 Å². The van der Waals surface area contributed by atoms with Crippen LogP contribution in [-0.4, -0.2) is 60.5 Å². The van der Waals surface area contributed by atoms with Gasteiger partial charge in [0, 0.05) is 26.2 Å². The molecule has 1 aliphatic heterocycles. The maximum Gasteiger partial charge on any atom is 0.433 e. The molecule has 1 atom stereocenters. The number of anilines is 1. The van der Waals surface area contributed by atoms with Gasteiger partial charge in [0.2, 0.25) is 0 Å². The van der Waals surface area contributed by atoms with Gasteiger partial charge in [0.25, 0.3) is 0 Å². The third-order valence-corrected chi connectivity index (χ3v) is 3.13. The number of aromatic nitrogens is 1. The summed E-state index contributed by atoms with van der Waals surface area (Å²) in [6.45, 7) is 3.36. The van der Waals surface area contributed by atoms with Crippen LogP contribution in [0, 0.1) is 0 Å². The number of β-amino-alcohol motifs (C(OH)–C–C–N with tert-alkyl or cyclic N) is 1. The van der Waals surface area contributed by atoms with Crippen LogP contribution < -0.4 is 5.32 Å². The molecule has 1 aliphatic rings. The van der Waals surface area contributed by atoms with Crippen molar-refractivity contribution < 1.29 is 23.0 Å². The largest absolute Gasteiger partial charge is 0.433 e. The van der Waals surface area contributed by atoms with Gasteiger partial charge in [0.05, 0.1) is 19.3 Å². The van der Waals surface area contributed by atoms with E-state index in [1.807, 2.05) is 0 Å². The van der Waals surface area contributed by atoms with E-state index in [2.05, 4.69) is 15.2 Å². The fourth-order valence-electron chi connectivity index (χ4n) is 2.06. The Morgan fingerprint density at radius 1 is 1.33 bits per heavy atom. The van der Waals surface area contributed by atoms with Crippen LogP contribution in [0.2, 0.25) is 0 Å². The minimum Gasteiger partial charge on any atom is -0.390 e. The lowest BCUT2D eigenvalue weighted by Gasteiger charge is -2.28. The highest BCUT2D eigenvalue weighted by Crippen LogP contribution is 2.28. The van der Waals surface area contributed by atoms with Crippen molar-refractivity contribution in [2.45, 2.75) is 12.3 Å². The Kier molecular flexibility index (Phi) is 5.38. The molecule has 0 aliphatic carbocycles. The maximum atomic E-state index is 12.5. The molecule has 2 heterocycles. The van der Waals surface area contributed by atoms with Crippen LogP contribution in [0.25, 0.3) is 0 Å². The van der Waals surface area contributed by atoms with E-state index in [0.717, 1.165) is 19.2 Å². The molecule has 1 aromatic rings. The first-order chi connectivity index (χ1) is 9.95. The van der Waals surface area contributed by atoms with Gasteiger partial charge in [-0.3, -0.25) is 4.90 Å². The lowest BCUT2D eigenvalue weighted by molar-refractivity contribution is -0.141. The summed E-state index contributed by atoms with van der Waals surface area (Å²) >= 11 is 0. The Balaban J connectivity index is 1.82. The number of rotatable bonds is 5. The molecule has 1 saturated heterocycles. The van der Waals surface area contributed by atoms with Gasteiger partial charge in [-0.25, -0.2) is 4.98 Å². The average molecular weight is 305 g/mol. The minimum atomic E-state index is -4.47. The van der Waals surface area contributed by atoms with Gasteiger partial charge in [-0.05, 0) is 12.1 Å². The second-order valence-corrected chi connectivity index (χ2v) is 4.85. The topological polar surface area (TPSA) is 57.6 Å². The van der Waals surface area contributed by atoms with Gasteiger partial charge in [0.1, 0.15) is 11.5 Å². The highest BCUT2D eigenvalue weighted by Gasteiger charge is 2.32. The molecular weight excluding hydrogens is 287 g/mol. The monoisotopic (exact) mass is 305 g/mol. The standard InChI is InChI=1S/C13H18F3N3O2/c14-13(15,16)11-2-1-3-12(18-11)17-8-10(20)9-19-4-6-21-7-5-19/h1-3,10,20H,4-9H2,(H,17,18). The van der Waals surface area contributed by atoms with Crippen molar-refractivity contribution in [1.29, 1.82) is 0 Å². The van der Waals surface area contributed by atoms with E-state index in [1.54, 1.807) is 0 Å². The van der Waals surface area contributed by atoms with Gasteiger partial charge in [-0.2, -0.15) is 13.2 Å². The second kappa shape index (κ2) is 7.06. The number of aliphatic hydroxyl groups excluding tert-OH is 1. The highest BCUT2D eigenvalue weighted by atomic mass is 19.4. The summed E-state index contributed by atoms with van der Waals surface area (Å²) in [6.07, 6.45) is -5.15. The first-order valence-electron chi connectivity index (χ1n) is 6.71. The molecular formula is C13H18F3N3O2. The molecule has 1 fully saturated rings. The van der Waals surface area contributed by atoms with Crippen molar-refractivity contribution in [1.82, 2.24) is 9.88 Å². The number of nitrogens with zero attached hydrogens (tertiary/aromatic N) is 2. The first kappa shape index (κ1) is 16.0. The van der Waals surface area contributed by atoms with Crippen LogP contribution in [0.3, 0.4) is 0 Å². The molecule has 0 spiro atoms. The smallest absolute Gasteiger partial charge is 0.390 e. The fraction of sp³-hybridized carbons (Fsp3) is 0.615. The van der Waals surface area contributed by atoms with Gasteiger partial charge < -0.3 is 15.2 Å². The van der Waals surface area contributed by atoms with Crippen LogP contribution in [0.4, 0.5) is 19.0 Å². The van der Waals surface area contributed by atoms with Crippen molar-refractivity contribution >= 4 is 5.82 Å². The predicted octanol–water partition coefficient (Wildman–Crippen LogP) is 1.21. The van der Waals surface area contributed by atoms with E-state index in [0.29, 0.717) is 19.8 Å². The zero-order valence-corrected chi connectivity index (χ0v) is 11.4. The highest BCUT2D eigenvalue weighted by molar-refractivity contribution is 5.36. The van der Waals surface area contributed by atoms with Crippen molar-refractivity contribution in [2.75, 3.05) is 44.7 Å². The quantitative estimate of drug-likeness (QED) is 0.856. The van der Waals surface area contributed by atoms with E-state index in [1.165, 1.54) is 12.1 Å². The van der Waals surface area contributed by atoms with Crippen LogP contribution in [0.1, 0.15) is 5.69 Å². The van der Waals surface area contributed by atoms with E-state index >= 15 is 0 Å². The zero-order valence-electron chi connectivity index (χ0n) is 11.4. The molecule has 0 aromatic carbocycles. The number of hydrogen-bond donors (Lipinski definition) is 2. The number of nitrogens with one attached hydrogen (secondary N) is 1. The van der Waals surface area contributed by atoms with E-state index in [4.69, 9.17) is 4.74 Å². The number of halogens is 3. The van der Waals surface area contributed by atoms with Gasteiger partial charge in [-0.15, -0.1) is 0 Å². The van der Waals surface area contributed by atoms with Gasteiger partial charge in [0.15, 0.2) is 0 Å². The SMILES string of the molecule is OC(CNc1cccc(C(F)(F)F)n1)CN1CCOCC1. The molecule has 2 rings (SSSR count). The second-order valence-electron chi connectivity index (χ2n) is 4.85. The molecule has 0 saturated carbocycles. The van der Waals surface area contributed by atoms with Crippen LogP contribution in [0.5, 0.6) is 0 Å². The normalized spacial score (nSPS) is 18.5. The summed E-state index contributed by atoms with van der Waals surface area (Å²) in [5, 5.41) is 12.6. The Bertz CT molecular complexity index is 451. The lowest BCUT2D eigenvalue weighted by Crippen LogP contribution is -2.42. The summed E-state index contributed by atoms with van der Waals surface area (Å²) in [4.78, 5) is 5.53. The van der Waals surface area contributed by atoms with Crippen molar-refractivity contribution in [3.63, 3.8) is 0 Å². The van der Waals surface area contributed by atoms with Crippen LogP contribution in [-0.2, 0) is 10.9 Å². The molecule has 0 bridgehead atoms. The summed E-state index contributed by atoms with van der Waals surface area (Å²) in [7, 11) is 0. The maximum absolute atomic E-state index is 12.5. The summed E-state index contributed by atoms with van der Waals surface area (Å²) < 4.78 is 42.8. The van der Waals surface area contributed by atoms with E-state index < -0.39 is 18.0 Å². The minimum absolute atomic E-state index is 0.103. The number of alkyl halides is 3. The summed E-state index contributed by atoms with van der Waals surface area (Å²) in [6, 6.07) is 3.64. The number of pyridine rings is 1. The molecule has 8 heteroatoms. The van der Waals surface area contributed by atoms with Crippen molar-refractivity contribution in [3.8, 4) is 0 Å². The lowest BCUT2D eigenvalue weighted by atomic mass is 10.3. The molecule has 1 aromatic heterocycles. The molecule has 0 radical (unpaired) electrons. The summed E-state index contributed by atoms with van der Waals surface area (Å²) in [5.41, 5.74) is -0.949. The van der Waals surface area contributed by atoms with Crippen molar-refractivity contribution in [2.24, 2.45) is 0 Å². The molecule has 5 nitrogen and oxygen atoms in total. The third-order valence-electron chi connectivity index (χ3n) is 3.13. The number of hydrogen-bond acceptors (Lipinski definition) is 5. The number of ether oxygens (including phenoxy) is 1. The zero-order chi connectivity index (χ0) is 15.3.